The Labute approximate surface area is 110 Å². The second-order valence-electron chi connectivity index (χ2n) is 5.81. The summed E-state index contributed by atoms with van der Waals surface area (Å²) in [5.74, 6) is 0. The Morgan fingerprint density at radius 2 is 2.11 bits per heavy atom. The SMILES string of the molecule is CC(C)(C)[Si](C)(C)OCCNC(=O)n1ccnc1. The van der Waals surface area contributed by atoms with Crippen molar-refractivity contribution < 1.29 is 9.22 Å². The molecule has 1 amide bonds. The largest absolute Gasteiger partial charge is 0.415 e. The van der Waals surface area contributed by atoms with Gasteiger partial charge in [-0.05, 0) is 18.1 Å². The molecule has 0 spiro atoms. The molecule has 0 aliphatic rings. The highest BCUT2D eigenvalue weighted by molar-refractivity contribution is 6.74. The highest BCUT2D eigenvalue weighted by atomic mass is 28.4. The average molecular weight is 269 g/mol. The Morgan fingerprint density at radius 3 is 2.61 bits per heavy atom. The number of aromatic nitrogens is 2. The zero-order chi connectivity index (χ0) is 13.8. The van der Waals surface area contributed by atoms with Crippen molar-refractivity contribution in [1.29, 1.82) is 0 Å². The number of hydrogen-bond donors (Lipinski definition) is 1. The Balaban J connectivity index is 2.29. The van der Waals surface area contributed by atoms with Gasteiger partial charge in [-0.3, -0.25) is 4.57 Å². The predicted octanol–water partition coefficient (Wildman–Crippen LogP) is 2.46. The van der Waals surface area contributed by atoms with Gasteiger partial charge in [0.05, 0.1) is 6.61 Å². The second-order valence-corrected chi connectivity index (χ2v) is 10.6. The van der Waals surface area contributed by atoms with E-state index in [1.165, 1.54) is 10.9 Å². The van der Waals surface area contributed by atoms with Gasteiger partial charge in [-0.15, -0.1) is 0 Å². The first-order chi connectivity index (χ1) is 8.24. The number of nitrogens with zero attached hydrogens (tertiary/aromatic N) is 2. The summed E-state index contributed by atoms with van der Waals surface area (Å²) in [6.45, 7) is 12.1. The minimum Gasteiger partial charge on any atom is -0.415 e. The fourth-order valence-electron chi connectivity index (χ4n) is 1.15. The molecule has 18 heavy (non-hydrogen) atoms. The number of rotatable bonds is 4. The number of hydrogen-bond acceptors (Lipinski definition) is 3. The topological polar surface area (TPSA) is 56.1 Å². The zero-order valence-corrected chi connectivity index (χ0v) is 12.9. The Bertz CT molecular complexity index is 383. The molecule has 0 bridgehead atoms. The molecule has 1 heterocycles. The van der Waals surface area contributed by atoms with E-state index < -0.39 is 8.32 Å². The van der Waals surface area contributed by atoms with Crippen LogP contribution in [0.4, 0.5) is 4.79 Å². The monoisotopic (exact) mass is 269 g/mol. The van der Waals surface area contributed by atoms with Gasteiger partial charge in [0.1, 0.15) is 6.33 Å². The standard InChI is InChI=1S/C12H23N3O2Si/c1-12(2,3)18(4,5)17-9-7-14-11(16)15-8-6-13-10-15/h6,8,10H,7,9H2,1-5H3,(H,14,16). The van der Waals surface area contributed by atoms with Crippen LogP contribution in [0, 0.1) is 0 Å². The summed E-state index contributed by atoms with van der Waals surface area (Å²) >= 11 is 0. The molecule has 102 valence electrons. The van der Waals surface area contributed by atoms with Gasteiger partial charge in [0.25, 0.3) is 0 Å². The first kappa shape index (κ1) is 14.9. The molecule has 0 fully saturated rings. The molecular weight excluding hydrogens is 246 g/mol. The summed E-state index contributed by atoms with van der Waals surface area (Å²) in [5, 5.41) is 2.99. The lowest BCUT2D eigenvalue weighted by molar-refractivity contribution is 0.235. The van der Waals surface area contributed by atoms with Crippen molar-refractivity contribution in [3.8, 4) is 0 Å². The lowest BCUT2D eigenvalue weighted by Crippen LogP contribution is -2.43. The maximum Gasteiger partial charge on any atom is 0.326 e. The van der Waals surface area contributed by atoms with E-state index in [0.29, 0.717) is 13.2 Å². The minimum atomic E-state index is -1.71. The maximum atomic E-state index is 11.6. The van der Waals surface area contributed by atoms with Crippen molar-refractivity contribution in [2.45, 2.75) is 38.9 Å². The van der Waals surface area contributed by atoms with Crippen LogP contribution in [0.3, 0.4) is 0 Å². The number of nitrogens with one attached hydrogen (secondary N) is 1. The van der Waals surface area contributed by atoms with Crippen LogP contribution < -0.4 is 5.32 Å². The van der Waals surface area contributed by atoms with E-state index in [-0.39, 0.29) is 11.1 Å². The molecule has 0 saturated heterocycles. The molecule has 1 aromatic rings. The summed E-state index contributed by atoms with van der Waals surface area (Å²) < 4.78 is 7.37. The van der Waals surface area contributed by atoms with Gasteiger partial charge in [0.2, 0.25) is 0 Å². The predicted molar refractivity (Wildman–Crippen MR) is 74.2 cm³/mol. The van der Waals surface area contributed by atoms with E-state index in [1.807, 2.05) is 0 Å². The molecule has 0 atom stereocenters. The lowest BCUT2D eigenvalue weighted by atomic mass is 10.2. The normalized spacial score (nSPS) is 12.5. The molecule has 0 saturated carbocycles. The third-order valence-electron chi connectivity index (χ3n) is 3.39. The highest BCUT2D eigenvalue weighted by Gasteiger charge is 2.36. The van der Waals surface area contributed by atoms with Crippen LogP contribution >= 0.6 is 0 Å². The fraction of sp³-hybridized carbons (Fsp3) is 0.667. The molecule has 1 rings (SSSR count). The van der Waals surface area contributed by atoms with Crippen molar-refractivity contribution in [2.75, 3.05) is 13.2 Å². The molecule has 0 aliphatic heterocycles. The van der Waals surface area contributed by atoms with Crippen molar-refractivity contribution in [2.24, 2.45) is 0 Å². The van der Waals surface area contributed by atoms with Gasteiger partial charge in [-0.2, -0.15) is 0 Å². The molecular formula is C12H23N3O2Si. The molecule has 5 nitrogen and oxygen atoms in total. The van der Waals surface area contributed by atoms with Gasteiger partial charge in [0, 0.05) is 18.9 Å². The van der Waals surface area contributed by atoms with Crippen LogP contribution in [-0.2, 0) is 4.43 Å². The molecule has 0 aromatic carbocycles. The molecule has 0 aliphatic carbocycles. The van der Waals surface area contributed by atoms with E-state index in [4.69, 9.17) is 4.43 Å². The van der Waals surface area contributed by atoms with Crippen molar-refractivity contribution >= 4 is 14.3 Å². The van der Waals surface area contributed by atoms with E-state index in [1.54, 1.807) is 12.4 Å². The van der Waals surface area contributed by atoms with Gasteiger partial charge >= 0.3 is 6.03 Å². The van der Waals surface area contributed by atoms with Crippen molar-refractivity contribution in [1.82, 2.24) is 14.9 Å². The summed E-state index contributed by atoms with van der Waals surface area (Å²) in [4.78, 5) is 15.4. The first-order valence-corrected chi connectivity index (χ1v) is 9.05. The average Bonchev–Trinajstić information content (AvgIpc) is 2.75. The number of imidazole rings is 1. The quantitative estimate of drug-likeness (QED) is 0.675. The van der Waals surface area contributed by atoms with E-state index in [0.717, 1.165) is 0 Å². The van der Waals surface area contributed by atoms with E-state index >= 15 is 0 Å². The smallest absolute Gasteiger partial charge is 0.326 e. The second kappa shape index (κ2) is 5.66. The lowest BCUT2D eigenvalue weighted by Gasteiger charge is -2.36. The van der Waals surface area contributed by atoms with Crippen molar-refractivity contribution in [3.05, 3.63) is 18.7 Å². The van der Waals surface area contributed by atoms with Crippen LogP contribution in [0.25, 0.3) is 0 Å². The summed E-state index contributed by atoms with van der Waals surface area (Å²) in [6.07, 6.45) is 4.67. The van der Waals surface area contributed by atoms with Crippen LogP contribution in [0.2, 0.25) is 18.1 Å². The Kier molecular flexibility index (Phi) is 4.69. The summed E-state index contributed by atoms with van der Waals surface area (Å²) in [6, 6.07) is -0.175. The molecule has 1 N–H and O–H groups in total. The van der Waals surface area contributed by atoms with Crippen LogP contribution in [0.5, 0.6) is 0 Å². The Morgan fingerprint density at radius 1 is 1.44 bits per heavy atom. The third kappa shape index (κ3) is 3.96. The van der Waals surface area contributed by atoms with E-state index in [2.05, 4.69) is 44.2 Å². The summed E-state index contributed by atoms with van der Waals surface area (Å²) in [7, 11) is -1.71. The van der Waals surface area contributed by atoms with Gasteiger partial charge < -0.3 is 9.74 Å². The number of carbonyl (C=O) groups excluding carboxylic acids is 1. The zero-order valence-electron chi connectivity index (χ0n) is 11.9. The van der Waals surface area contributed by atoms with Crippen LogP contribution in [0.15, 0.2) is 18.7 Å². The minimum absolute atomic E-state index is 0.175. The summed E-state index contributed by atoms with van der Waals surface area (Å²) in [5.41, 5.74) is 0. The number of carbonyl (C=O) groups is 1. The van der Waals surface area contributed by atoms with Gasteiger partial charge in [-0.1, -0.05) is 20.8 Å². The molecule has 0 radical (unpaired) electrons. The van der Waals surface area contributed by atoms with E-state index in [9.17, 15) is 4.79 Å². The number of amides is 1. The highest BCUT2D eigenvalue weighted by Crippen LogP contribution is 2.36. The first-order valence-electron chi connectivity index (χ1n) is 6.14. The maximum absolute atomic E-state index is 11.6. The fourth-order valence-corrected chi connectivity index (χ4v) is 2.20. The van der Waals surface area contributed by atoms with Crippen LogP contribution in [-0.4, -0.2) is 37.1 Å². The molecule has 0 unspecified atom stereocenters. The van der Waals surface area contributed by atoms with Gasteiger partial charge in [0.15, 0.2) is 8.32 Å². The van der Waals surface area contributed by atoms with Crippen molar-refractivity contribution in [3.63, 3.8) is 0 Å². The molecule has 6 heteroatoms. The van der Waals surface area contributed by atoms with Gasteiger partial charge in [-0.25, -0.2) is 9.78 Å². The third-order valence-corrected chi connectivity index (χ3v) is 7.92. The molecule has 1 aromatic heterocycles. The van der Waals surface area contributed by atoms with Crippen LogP contribution in [0.1, 0.15) is 20.8 Å². The Hall–Kier alpha value is -1.14.